The molecule has 1 aliphatic rings. The first-order chi connectivity index (χ1) is 16.4. The fourth-order valence-corrected chi connectivity index (χ4v) is 5.69. The molecule has 2 aromatic carbocycles. The SMILES string of the molecule is CC(C)(C)NS(=O)(=O)c1ccc(NC(=O)[C@H](CC2CCCCC2)NC(=O)c2cccc(F)c2)cc1. The maximum atomic E-state index is 13.6. The Labute approximate surface area is 206 Å². The fraction of sp³-hybridized carbons (Fsp3) is 0.462. The summed E-state index contributed by atoms with van der Waals surface area (Å²) in [5.41, 5.74) is -0.0662. The van der Waals surface area contributed by atoms with Crippen molar-refractivity contribution in [2.24, 2.45) is 5.92 Å². The second-order valence-corrected chi connectivity index (χ2v) is 11.8. The zero-order chi connectivity index (χ0) is 25.6. The van der Waals surface area contributed by atoms with Crippen LogP contribution in [0.3, 0.4) is 0 Å². The average Bonchev–Trinajstić information content (AvgIpc) is 2.78. The number of amides is 2. The summed E-state index contributed by atoms with van der Waals surface area (Å²) in [6.07, 6.45) is 5.82. The third kappa shape index (κ3) is 8.14. The molecular formula is C26H34FN3O4S. The molecule has 0 radical (unpaired) electrons. The molecule has 1 saturated carbocycles. The number of sulfonamides is 1. The summed E-state index contributed by atoms with van der Waals surface area (Å²) in [5, 5.41) is 5.55. The third-order valence-electron chi connectivity index (χ3n) is 5.88. The number of carbonyl (C=O) groups is 2. The predicted octanol–water partition coefficient (Wildman–Crippen LogP) is 4.61. The fourth-order valence-electron chi connectivity index (χ4n) is 4.27. The lowest BCUT2D eigenvalue weighted by atomic mass is 9.84. The van der Waals surface area contributed by atoms with Gasteiger partial charge in [-0.2, -0.15) is 0 Å². The van der Waals surface area contributed by atoms with E-state index in [2.05, 4.69) is 15.4 Å². The Balaban J connectivity index is 1.73. The highest BCUT2D eigenvalue weighted by Gasteiger charge is 2.27. The van der Waals surface area contributed by atoms with E-state index in [-0.39, 0.29) is 10.5 Å². The first kappa shape index (κ1) is 26.8. The lowest BCUT2D eigenvalue weighted by Crippen LogP contribution is -2.45. The normalized spacial score (nSPS) is 15.9. The van der Waals surface area contributed by atoms with Crippen molar-refractivity contribution in [1.82, 2.24) is 10.0 Å². The molecule has 1 aliphatic carbocycles. The Morgan fingerprint density at radius 2 is 1.69 bits per heavy atom. The van der Waals surface area contributed by atoms with Crippen LogP contribution in [0, 0.1) is 11.7 Å². The van der Waals surface area contributed by atoms with E-state index in [1.54, 1.807) is 20.8 Å². The summed E-state index contributed by atoms with van der Waals surface area (Å²) in [4.78, 5) is 26.0. The van der Waals surface area contributed by atoms with Gasteiger partial charge in [0.05, 0.1) is 4.90 Å². The topological polar surface area (TPSA) is 104 Å². The second kappa shape index (κ2) is 11.3. The van der Waals surface area contributed by atoms with E-state index in [1.807, 2.05) is 0 Å². The van der Waals surface area contributed by atoms with Crippen molar-refractivity contribution in [1.29, 1.82) is 0 Å². The van der Waals surface area contributed by atoms with Gasteiger partial charge in [0.1, 0.15) is 11.9 Å². The van der Waals surface area contributed by atoms with Gasteiger partial charge in [-0.05, 0) is 75.6 Å². The number of halogens is 1. The second-order valence-electron chi connectivity index (χ2n) is 10.1. The van der Waals surface area contributed by atoms with Crippen LogP contribution in [-0.4, -0.2) is 31.8 Å². The van der Waals surface area contributed by atoms with E-state index in [9.17, 15) is 22.4 Å². The van der Waals surface area contributed by atoms with Gasteiger partial charge in [0.25, 0.3) is 5.91 Å². The quantitative estimate of drug-likeness (QED) is 0.489. The molecule has 0 bridgehead atoms. The van der Waals surface area contributed by atoms with Crippen LogP contribution in [-0.2, 0) is 14.8 Å². The Morgan fingerprint density at radius 3 is 2.29 bits per heavy atom. The predicted molar refractivity (Wildman–Crippen MR) is 134 cm³/mol. The molecule has 0 saturated heterocycles. The van der Waals surface area contributed by atoms with Crippen molar-refractivity contribution in [2.75, 3.05) is 5.32 Å². The summed E-state index contributed by atoms with van der Waals surface area (Å²) in [6.45, 7) is 5.26. The molecule has 2 aromatic rings. The van der Waals surface area contributed by atoms with Gasteiger partial charge in [0.15, 0.2) is 0 Å². The van der Waals surface area contributed by atoms with Gasteiger partial charge in [0, 0.05) is 16.8 Å². The monoisotopic (exact) mass is 503 g/mol. The molecule has 1 atom stereocenters. The molecule has 35 heavy (non-hydrogen) atoms. The van der Waals surface area contributed by atoms with E-state index in [0.29, 0.717) is 18.0 Å². The third-order valence-corrected chi connectivity index (χ3v) is 7.65. The molecular weight excluding hydrogens is 469 g/mol. The maximum absolute atomic E-state index is 13.6. The summed E-state index contributed by atoms with van der Waals surface area (Å²) >= 11 is 0. The van der Waals surface area contributed by atoms with E-state index >= 15 is 0 Å². The molecule has 190 valence electrons. The summed E-state index contributed by atoms with van der Waals surface area (Å²) < 4.78 is 41.2. The number of hydrogen-bond acceptors (Lipinski definition) is 4. The number of carbonyl (C=O) groups excluding carboxylic acids is 2. The highest BCUT2D eigenvalue weighted by Crippen LogP contribution is 2.28. The van der Waals surface area contributed by atoms with E-state index in [0.717, 1.165) is 31.7 Å². The maximum Gasteiger partial charge on any atom is 0.252 e. The molecule has 3 N–H and O–H groups in total. The van der Waals surface area contributed by atoms with Crippen LogP contribution >= 0.6 is 0 Å². The molecule has 3 rings (SSSR count). The minimum absolute atomic E-state index is 0.0867. The number of rotatable bonds is 8. The Bertz CT molecular complexity index is 1140. The Morgan fingerprint density at radius 1 is 1.03 bits per heavy atom. The Kier molecular flexibility index (Phi) is 8.66. The van der Waals surface area contributed by atoms with Crippen molar-refractivity contribution in [3.63, 3.8) is 0 Å². The van der Waals surface area contributed by atoms with E-state index in [4.69, 9.17) is 0 Å². The molecule has 0 aromatic heterocycles. The van der Waals surface area contributed by atoms with Crippen molar-refractivity contribution in [3.05, 3.63) is 59.9 Å². The average molecular weight is 504 g/mol. The molecule has 0 heterocycles. The largest absolute Gasteiger partial charge is 0.340 e. The van der Waals surface area contributed by atoms with Crippen LogP contribution in [0.15, 0.2) is 53.4 Å². The summed E-state index contributed by atoms with van der Waals surface area (Å²) in [5.74, 6) is -1.14. The van der Waals surface area contributed by atoms with Crippen molar-refractivity contribution in [2.45, 2.75) is 75.8 Å². The number of anilines is 1. The van der Waals surface area contributed by atoms with Crippen LogP contribution < -0.4 is 15.4 Å². The highest BCUT2D eigenvalue weighted by atomic mass is 32.2. The van der Waals surface area contributed by atoms with Crippen molar-refractivity contribution >= 4 is 27.5 Å². The van der Waals surface area contributed by atoms with Gasteiger partial charge in [-0.3, -0.25) is 9.59 Å². The van der Waals surface area contributed by atoms with Crippen molar-refractivity contribution < 1.29 is 22.4 Å². The molecule has 7 nitrogen and oxygen atoms in total. The summed E-state index contributed by atoms with van der Waals surface area (Å²) in [6, 6.07) is 10.4. The van der Waals surface area contributed by atoms with Gasteiger partial charge >= 0.3 is 0 Å². The summed E-state index contributed by atoms with van der Waals surface area (Å²) in [7, 11) is -3.70. The minimum Gasteiger partial charge on any atom is -0.340 e. The van der Waals surface area contributed by atoms with Gasteiger partial charge in [-0.25, -0.2) is 17.5 Å². The van der Waals surface area contributed by atoms with Crippen molar-refractivity contribution in [3.8, 4) is 0 Å². The zero-order valence-corrected chi connectivity index (χ0v) is 21.3. The van der Waals surface area contributed by atoms with Gasteiger partial charge in [-0.1, -0.05) is 38.2 Å². The molecule has 2 amide bonds. The first-order valence-corrected chi connectivity index (χ1v) is 13.4. The van der Waals surface area contributed by atoms with Crippen LogP contribution in [0.1, 0.15) is 69.7 Å². The van der Waals surface area contributed by atoms with Gasteiger partial charge in [-0.15, -0.1) is 0 Å². The highest BCUT2D eigenvalue weighted by molar-refractivity contribution is 7.89. The molecule has 1 fully saturated rings. The molecule has 0 spiro atoms. The zero-order valence-electron chi connectivity index (χ0n) is 20.4. The smallest absolute Gasteiger partial charge is 0.252 e. The number of benzene rings is 2. The van der Waals surface area contributed by atoms with Gasteiger partial charge in [0.2, 0.25) is 15.9 Å². The van der Waals surface area contributed by atoms with Crippen LogP contribution in [0.5, 0.6) is 0 Å². The van der Waals surface area contributed by atoms with E-state index in [1.165, 1.54) is 48.9 Å². The molecule has 0 aliphatic heterocycles. The van der Waals surface area contributed by atoms with Crippen LogP contribution in [0.2, 0.25) is 0 Å². The number of nitrogens with one attached hydrogen (secondary N) is 3. The lowest BCUT2D eigenvalue weighted by Gasteiger charge is -2.26. The van der Waals surface area contributed by atoms with Crippen LogP contribution in [0.25, 0.3) is 0 Å². The Hall–Kier alpha value is -2.78. The first-order valence-electron chi connectivity index (χ1n) is 11.9. The molecule has 9 heteroatoms. The van der Waals surface area contributed by atoms with Gasteiger partial charge < -0.3 is 10.6 Å². The minimum atomic E-state index is -3.70. The number of hydrogen-bond donors (Lipinski definition) is 3. The lowest BCUT2D eigenvalue weighted by molar-refractivity contribution is -0.118. The molecule has 0 unspecified atom stereocenters. The standard InChI is InChI=1S/C26H34FN3O4S/c1-26(2,3)30-35(33,34)22-14-12-21(13-15-22)28-25(32)23(16-18-8-5-4-6-9-18)29-24(31)19-10-7-11-20(27)17-19/h7,10-15,17-18,23,30H,4-6,8-9,16H2,1-3H3,(H,28,32)(H,29,31)/t23-/m0/s1. The van der Waals surface area contributed by atoms with Crippen LogP contribution in [0.4, 0.5) is 10.1 Å². The van der Waals surface area contributed by atoms with E-state index < -0.39 is 39.2 Å².